The van der Waals surface area contributed by atoms with Gasteiger partial charge in [-0.3, -0.25) is 4.79 Å². The lowest BCUT2D eigenvalue weighted by Crippen LogP contribution is -2.26. The summed E-state index contributed by atoms with van der Waals surface area (Å²) < 4.78 is 17.6. The summed E-state index contributed by atoms with van der Waals surface area (Å²) in [6, 6.07) is 7.80. The quantitative estimate of drug-likeness (QED) is 0.472. The number of benzene rings is 1. The van der Waals surface area contributed by atoms with Crippen molar-refractivity contribution in [3.05, 3.63) is 71.0 Å². The summed E-state index contributed by atoms with van der Waals surface area (Å²) in [6.07, 6.45) is 4.40. The molecule has 0 bridgehead atoms. The lowest BCUT2D eigenvalue weighted by Gasteiger charge is -2.06. The highest BCUT2D eigenvalue weighted by atomic mass is 19.1. The third kappa shape index (κ3) is 2.23. The minimum absolute atomic E-state index is 0.159. The van der Waals surface area contributed by atoms with Crippen molar-refractivity contribution in [2.24, 2.45) is 0 Å². The molecule has 0 unspecified atom stereocenters. The van der Waals surface area contributed by atoms with Gasteiger partial charge in [0.15, 0.2) is 11.2 Å². The SMILES string of the molecule is Cc1nn2c(nnc3c(=O)n(-n4cnnc4)ccc32)c1-c1ccc(F)cc1. The zero-order valence-electron chi connectivity index (χ0n) is 14.0. The Bertz CT molecular complexity index is 1350. The molecule has 0 fully saturated rings. The predicted octanol–water partition coefficient (Wildman–Crippen LogP) is 1.46. The summed E-state index contributed by atoms with van der Waals surface area (Å²) in [5, 5.41) is 20.2. The first-order chi connectivity index (χ1) is 13.1. The van der Waals surface area contributed by atoms with Gasteiger partial charge >= 0.3 is 0 Å². The first-order valence-electron chi connectivity index (χ1n) is 8.02. The molecule has 0 saturated carbocycles. The van der Waals surface area contributed by atoms with Gasteiger partial charge in [0.05, 0.1) is 11.3 Å². The van der Waals surface area contributed by atoms with Crippen LogP contribution >= 0.6 is 0 Å². The van der Waals surface area contributed by atoms with Crippen LogP contribution in [0.4, 0.5) is 4.39 Å². The van der Waals surface area contributed by atoms with E-state index >= 15 is 0 Å². The molecule has 132 valence electrons. The Morgan fingerprint density at radius 3 is 2.48 bits per heavy atom. The van der Waals surface area contributed by atoms with Crippen LogP contribution in [0.15, 0.2) is 54.0 Å². The molecular weight excluding hydrogens is 351 g/mol. The molecular formula is C17H11FN8O. The molecule has 27 heavy (non-hydrogen) atoms. The van der Waals surface area contributed by atoms with E-state index in [0.29, 0.717) is 16.9 Å². The van der Waals surface area contributed by atoms with Gasteiger partial charge in [0.1, 0.15) is 24.0 Å². The Morgan fingerprint density at radius 1 is 1.00 bits per heavy atom. The van der Waals surface area contributed by atoms with Crippen molar-refractivity contribution in [3.63, 3.8) is 0 Å². The number of fused-ring (bicyclic) bond motifs is 3. The molecule has 0 amide bonds. The number of halogens is 1. The maximum atomic E-state index is 13.3. The Morgan fingerprint density at radius 2 is 1.74 bits per heavy atom. The van der Waals surface area contributed by atoms with E-state index in [-0.39, 0.29) is 16.9 Å². The molecule has 5 rings (SSSR count). The number of rotatable bonds is 2. The monoisotopic (exact) mass is 362 g/mol. The van der Waals surface area contributed by atoms with Crippen LogP contribution in [-0.2, 0) is 0 Å². The summed E-state index contributed by atoms with van der Waals surface area (Å²) >= 11 is 0. The summed E-state index contributed by atoms with van der Waals surface area (Å²) in [7, 11) is 0. The fourth-order valence-electron chi connectivity index (χ4n) is 3.09. The number of hydrogen-bond acceptors (Lipinski definition) is 6. The number of nitrogens with zero attached hydrogens (tertiary/aromatic N) is 8. The summed E-state index contributed by atoms with van der Waals surface area (Å²) in [5.74, 6) is -0.320. The van der Waals surface area contributed by atoms with E-state index in [1.54, 1.807) is 28.9 Å². The number of aryl methyl sites for hydroxylation is 1. The van der Waals surface area contributed by atoms with E-state index in [0.717, 1.165) is 11.1 Å². The van der Waals surface area contributed by atoms with Crippen molar-refractivity contribution < 1.29 is 4.39 Å². The molecule has 4 heterocycles. The van der Waals surface area contributed by atoms with E-state index in [1.165, 1.54) is 34.1 Å². The first-order valence-corrected chi connectivity index (χ1v) is 8.02. The van der Waals surface area contributed by atoms with Crippen LogP contribution in [0, 0.1) is 12.7 Å². The predicted molar refractivity (Wildman–Crippen MR) is 93.5 cm³/mol. The molecule has 10 heteroatoms. The molecule has 0 aliphatic heterocycles. The van der Waals surface area contributed by atoms with Crippen LogP contribution in [-0.4, -0.2) is 39.4 Å². The third-order valence-corrected chi connectivity index (χ3v) is 4.32. The van der Waals surface area contributed by atoms with Crippen molar-refractivity contribution in [1.29, 1.82) is 0 Å². The Hall–Kier alpha value is -3.95. The smallest absolute Gasteiger partial charge is 0.265 e. The van der Waals surface area contributed by atoms with Crippen molar-refractivity contribution in [1.82, 2.24) is 39.4 Å². The Balaban J connectivity index is 1.79. The highest BCUT2D eigenvalue weighted by Gasteiger charge is 2.17. The summed E-state index contributed by atoms with van der Waals surface area (Å²) in [6.45, 7) is 1.83. The van der Waals surface area contributed by atoms with Crippen molar-refractivity contribution >= 4 is 16.7 Å². The molecule has 1 aromatic carbocycles. The van der Waals surface area contributed by atoms with Crippen molar-refractivity contribution in [2.45, 2.75) is 6.92 Å². The van der Waals surface area contributed by atoms with Gasteiger partial charge in [-0.2, -0.15) is 5.10 Å². The molecule has 4 aromatic heterocycles. The normalized spacial score (nSPS) is 11.5. The van der Waals surface area contributed by atoms with E-state index in [2.05, 4.69) is 25.5 Å². The van der Waals surface area contributed by atoms with Crippen molar-refractivity contribution in [2.75, 3.05) is 0 Å². The molecule has 0 radical (unpaired) electrons. The van der Waals surface area contributed by atoms with Gasteiger partial charge in [-0.25, -0.2) is 18.3 Å². The second kappa shape index (κ2) is 5.53. The standard InChI is InChI=1S/C17H11FN8O/c1-10-14(11-2-4-12(18)5-3-11)16-22-21-15-13(26(16)23-10)6-7-25(17(15)27)24-8-19-20-9-24/h2-9H,1H3. The highest BCUT2D eigenvalue weighted by molar-refractivity contribution is 5.84. The number of pyridine rings is 1. The lowest BCUT2D eigenvalue weighted by molar-refractivity contribution is 0.628. The van der Waals surface area contributed by atoms with Gasteiger partial charge < -0.3 is 0 Å². The topological polar surface area (TPSA) is 95.8 Å². The average Bonchev–Trinajstić information content (AvgIpc) is 3.30. The van der Waals surface area contributed by atoms with Gasteiger partial charge in [0, 0.05) is 6.20 Å². The summed E-state index contributed by atoms with van der Waals surface area (Å²) in [4.78, 5) is 12.8. The fourth-order valence-corrected chi connectivity index (χ4v) is 3.09. The first kappa shape index (κ1) is 15.3. The lowest BCUT2D eigenvalue weighted by atomic mass is 10.1. The molecule has 0 saturated heterocycles. The minimum atomic E-state index is -0.377. The molecule has 0 spiro atoms. The van der Waals surface area contributed by atoms with Gasteiger partial charge in [-0.05, 0) is 30.7 Å². The van der Waals surface area contributed by atoms with Crippen LogP contribution in [0.25, 0.3) is 27.8 Å². The van der Waals surface area contributed by atoms with Gasteiger partial charge in [-0.15, -0.1) is 20.4 Å². The van der Waals surface area contributed by atoms with E-state index in [4.69, 9.17) is 0 Å². The molecule has 9 nitrogen and oxygen atoms in total. The fraction of sp³-hybridized carbons (Fsp3) is 0.0588. The van der Waals surface area contributed by atoms with E-state index < -0.39 is 0 Å². The second-order valence-corrected chi connectivity index (χ2v) is 5.94. The Kier molecular flexibility index (Phi) is 3.13. The van der Waals surface area contributed by atoms with Gasteiger partial charge in [0.25, 0.3) is 5.56 Å². The van der Waals surface area contributed by atoms with Crippen LogP contribution in [0.1, 0.15) is 5.69 Å². The van der Waals surface area contributed by atoms with E-state index in [1.807, 2.05) is 6.92 Å². The zero-order chi connectivity index (χ0) is 18.5. The maximum absolute atomic E-state index is 13.3. The van der Waals surface area contributed by atoms with Crippen LogP contribution in [0.3, 0.4) is 0 Å². The van der Waals surface area contributed by atoms with Crippen LogP contribution in [0.5, 0.6) is 0 Å². The van der Waals surface area contributed by atoms with E-state index in [9.17, 15) is 9.18 Å². The largest absolute Gasteiger partial charge is 0.299 e. The maximum Gasteiger partial charge on any atom is 0.299 e. The highest BCUT2D eigenvalue weighted by Crippen LogP contribution is 2.28. The molecule has 0 aliphatic carbocycles. The van der Waals surface area contributed by atoms with Crippen LogP contribution < -0.4 is 5.56 Å². The van der Waals surface area contributed by atoms with Crippen molar-refractivity contribution in [3.8, 4) is 11.1 Å². The number of hydrogen-bond donors (Lipinski definition) is 0. The second-order valence-electron chi connectivity index (χ2n) is 5.94. The average molecular weight is 362 g/mol. The molecule has 5 aromatic rings. The summed E-state index contributed by atoms with van der Waals surface area (Å²) in [5.41, 5.74) is 3.01. The third-order valence-electron chi connectivity index (χ3n) is 4.32. The molecule has 0 N–H and O–H groups in total. The van der Waals surface area contributed by atoms with Gasteiger partial charge in [-0.1, -0.05) is 12.1 Å². The molecule has 0 atom stereocenters. The molecule has 0 aliphatic rings. The Labute approximate surface area is 150 Å². The zero-order valence-corrected chi connectivity index (χ0v) is 14.0. The van der Waals surface area contributed by atoms with Crippen LogP contribution in [0.2, 0.25) is 0 Å². The number of aromatic nitrogens is 8. The van der Waals surface area contributed by atoms with Gasteiger partial charge in [0.2, 0.25) is 0 Å². The minimum Gasteiger partial charge on any atom is -0.265 e.